The van der Waals surface area contributed by atoms with Crippen LogP contribution in [0, 0.1) is 18.8 Å². The minimum Gasteiger partial charge on any atom is -0.389 e. The molecule has 3 aliphatic rings. The quantitative estimate of drug-likeness (QED) is 0.863. The van der Waals surface area contributed by atoms with Crippen LogP contribution in [0.15, 0.2) is 12.4 Å². The predicted octanol–water partition coefficient (Wildman–Crippen LogP) is 0.987. The van der Waals surface area contributed by atoms with Gasteiger partial charge in [0, 0.05) is 69.4 Å². The number of rotatable bonds is 4. The highest BCUT2D eigenvalue weighted by Crippen LogP contribution is 2.44. The summed E-state index contributed by atoms with van der Waals surface area (Å²) >= 11 is 0. The van der Waals surface area contributed by atoms with Crippen LogP contribution in [0.25, 0.3) is 0 Å². The molecule has 3 saturated heterocycles. The largest absolute Gasteiger partial charge is 0.389 e. The van der Waals surface area contributed by atoms with Gasteiger partial charge in [-0.2, -0.15) is 0 Å². The molecule has 0 spiro atoms. The third kappa shape index (κ3) is 3.17. The second kappa shape index (κ2) is 7.29. The number of fused-ring (bicyclic) bond motifs is 3. The van der Waals surface area contributed by atoms with Gasteiger partial charge in [-0.15, -0.1) is 0 Å². The number of hydrogen-bond donors (Lipinski definition) is 1. The maximum Gasteiger partial charge on any atom is 0.222 e. The van der Waals surface area contributed by atoms with Crippen molar-refractivity contribution < 1.29 is 19.4 Å². The Kier molecular flexibility index (Phi) is 5.03. The van der Waals surface area contributed by atoms with Crippen molar-refractivity contribution in [2.45, 2.75) is 50.8 Å². The number of piperidine rings is 1. The lowest BCUT2D eigenvalue weighted by Gasteiger charge is -2.57. The van der Waals surface area contributed by atoms with Crippen LogP contribution >= 0.6 is 0 Å². The standard InChI is InChI=1S/C19H29N3O4/c1-14-20-6-8-21(14)7-2-3-18(23)22-11-15-12-26-10-5-19(15,24)16-13-25-9-4-17(16)22/h6,8,15-17,24H,2-5,7,9-13H2,1H3/t15-,16+,17-,19-/m0/s1. The molecule has 0 aliphatic carbocycles. The van der Waals surface area contributed by atoms with Gasteiger partial charge < -0.3 is 24.0 Å². The van der Waals surface area contributed by atoms with Gasteiger partial charge in [0.15, 0.2) is 0 Å². The number of aliphatic hydroxyl groups is 1. The van der Waals surface area contributed by atoms with Crippen LogP contribution < -0.4 is 0 Å². The summed E-state index contributed by atoms with van der Waals surface area (Å²) in [5, 5.41) is 11.3. The summed E-state index contributed by atoms with van der Waals surface area (Å²) in [7, 11) is 0. The molecular formula is C19H29N3O4. The Labute approximate surface area is 154 Å². The molecule has 4 heterocycles. The molecule has 0 radical (unpaired) electrons. The Balaban J connectivity index is 1.43. The van der Waals surface area contributed by atoms with Crippen molar-refractivity contribution in [1.29, 1.82) is 0 Å². The summed E-state index contributed by atoms with van der Waals surface area (Å²) < 4.78 is 13.4. The number of ether oxygens (including phenoxy) is 2. The highest BCUT2D eigenvalue weighted by Gasteiger charge is 2.56. The average Bonchev–Trinajstić information content (AvgIpc) is 3.06. The van der Waals surface area contributed by atoms with E-state index in [9.17, 15) is 9.90 Å². The molecule has 0 bridgehead atoms. The van der Waals surface area contributed by atoms with Crippen LogP contribution in [0.2, 0.25) is 0 Å². The summed E-state index contributed by atoms with van der Waals surface area (Å²) in [6.07, 6.45) is 6.52. The van der Waals surface area contributed by atoms with Gasteiger partial charge in [0.2, 0.25) is 5.91 Å². The maximum atomic E-state index is 13.0. The smallest absolute Gasteiger partial charge is 0.222 e. The van der Waals surface area contributed by atoms with Gasteiger partial charge in [0.25, 0.3) is 0 Å². The zero-order valence-corrected chi connectivity index (χ0v) is 15.5. The number of amides is 1. The number of nitrogens with zero attached hydrogens (tertiary/aromatic N) is 3. The van der Waals surface area contributed by atoms with Crippen LogP contribution in [-0.4, -0.2) is 70.1 Å². The lowest BCUT2D eigenvalue weighted by Crippen LogP contribution is -2.68. The molecule has 3 fully saturated rings. The first-order chi connectivity index (χ1) is 12.6. The first kappa shape index (κ1) is 17.9. The van der Waals surface area contributed by atoms with Crippen molar-refractivity contribution in [3.05, 3.63) is 18.2 Å². The van der Waals surface area contributed by atoms with Gasteiger partial charge in [0.1, 0.15) is 5.82 Å². The molecule has 26 heavy (non-hydrogen) atoms. The fourth-order valence-electron chi connectivity index (χ4n) is 4.93. The molecule has 0 saturated carbocycles. The molecule has 0 aromatic carbocycles. The molecule has 144 valence electrons. The van der Waals surface area contributed by atoms with Crippen LogP contribution in [0.4, 0.5) is 0 Å². The average molecular weight is 363 g/mol. The van der Waals surface area contributed by atoms with E-state index in [2.05, 4.69) is 9.55 Å². The molecule has 0 unspecified atom stereocenters. The van der Waals surface area contributed by atoms with Crippen LogP contribution in [-0.2, 0) is 20.8 Å². The van der Waals surface area contributed by atoms with Gasteiger partial charge >= 0.3 is 0 Å². The van der Waals surface area contributed by atoms with E-state index >= 15 is 0 Å². The van der Waals surface area contributed by atoms with E-state index in [1.165, 1.54) is 0 Å². The number of imidazole rings is 1. The lowest BCUT2D eigenvalue weighted by atomic mass is 9.66. The molecule has 1 amide bonds. The zero-order valence-electron chi connectivity index (χ0n) is 15.5. The molecule has 1 N–H and O–H groups in total. The van der Waals surface area contributed by atoms with E-state index in [1.54, 1.807) is 6.20 Å². The maximum absolute atomic E-state index is 13.0. The Morgan fingerprint density at radius 3 is 3.04 bits per heavy atom. The van der Waals surface area contributed by atoms with Crippen molar-refractivity contribution in [3.8, 4) is 0 Å². The van der Waals surface area contributed by atoms with Crippen LogP contribution in [0.1, 0.15) is 31.5 Å². The summed E-state index contributed by atoms with van der Waals surface area (Å²) in [6.45, 7) is 5.70. The molecule has 7 nitrogen and oxygen atoms in total. The molecular weight excluding hydrogens is 334 g/mol. The fraction of sp³-hybridized carbons (Fsp3) is 0.789. The molecule has 4 rings (SSSR count). The van der Waals surface area contributed by atoms with E-state index in [4.69, 9.17) is 9.47 Å². The highest BCUT2D eigenvalue weighted by molar-refractivity contribution is 5.76. The molecule has 4 atom stereocenters. The molecule has 7 heteroatoms. The van der Waals surface area contributed by atoms with E-state index in [1.807, 2.05) is 18.0 Å². The minimum absolute atomic E-state index is 0.00116. The normalized spacial score (nSPS) is 34.2. The zero-order chi connectivity index (χ0) is 18.1. The number of aromatic nitrogens is 2. The van der Waals surface area contributed by atoms with Crippen LogP contribution in [0.5, 0.6) is 0 Å². The fourth-order valence-corrected chi connectivity index (χ4v) is 4.93. The summed E-state index contributed by atoms with van der Waals surface area (Å²) in [6, 6.07) is 0.0885. The van der Waals surface area contributed by atoms with Gasteiger partial charge in [-0.1, -0.05) is 0 Å². The highest BCUT2D eigenvalue weighted by atomic mass is 16.5. The van der Waals surface area contributed by atoms with Crippen molar-refractivity contribution >= 4 is 5.91 Å². The number of carbonyl (C=O) groups excluding carboxylic acids is 1. The number of aryl methyl sites for hydroxylation is 2. The first-order valence-electron chi connectivity index (χ1n) is 9.74. The van der Waals surface area contributed by atoms with Gasteiger partial charge in [0.05, 0.1) is 18.8 Å². The second-order valence-corrected chi connectivity index (χ2v) is 7.87. The number of carbonyl (C=O) groups is 1. The Morgan fingerprint density at radius 2 is 2.23 bits per heavy atom. The van der Waals surface area contributed by atoms with Crippen molar-refractivity contribution in [3.63, 3.8) is 0 Å². The number of likely N-dealkylation sites (tertiary alicyclic amines) is 1. The minimum atomic E-state index is -0.756. The monoisotopic (exact) mass is 363 g/mol. The third-order valence-electron chi connectivity index (χ3n) is 6.49. The lowest BCUT2D eigenvalue weighted by molar-refractivity contribution is -0.219. The summed E-state index contributed by atoms with van der Waals surface area (Å²) in [5.41, 5.74) is -0.756. The Bertz CT molecular complexity index is 648. The first-order valence-corrected chi connectivity index (χ1v) is 9.74. The van der Waals surface area contributed by atoms with E-state index in [0.717, 1.165) is 25.2 Å². The van der Waals surface area contributed by atoms with E-state index in [-0.39, 0.29) is 23.8 Å². The van der Waals surface area contributed by atoms with E-state index < -0.39 is 5.60 Å². The summed E-state index contributed by atoms with van der Waals surface area (Å²) in [4.78, 5) is 19.2. The Hall–Kier alpha value is -1.44. The molecule has 1 aromatic rings. The van der Waals surface area contributed by atoms with Crippen molar-refractivity contribution in [2.24, 2.45) is 11.8 Å². The molecule has 3 aliphatic heterocycles. The van der Waals surface area contributed by atoms with Gasteiger partial charge in [-0.05, 0) is 19.8 Å². The summed E-state index contributed by atoms with van der Waals surface area (Å²) in [5.74, 6) is 1.15. The van der Waals surface area contributed by atoms with Crippen LogP contribution in [0.3, 0.4) is 0 Å². The number of hydrogen-bond acceptors (Lipinski definition) is 5. The van der Waals surface area contributed by atoms with Gasteiger partial charge in [-0.25, -0.2) is 4.98 Å². The third-order valence-corrected chi connectivity index (χ3v) is 6.49. The Morgan fingerprint density at radius 1 is 1.38 bits per heavy atom. The SMILES string of the molecule is Cc1nccn1CCCC(=O)N1C[C@H]2COCC[C@@]2(O)[C@@H]2COCC[C@@H]21. The second-order valence-electron chi connectivity index (χ2n) is 7.87. The predicted molar refractivity (Wildman–Crippen MR) is 94.5 cm³/mol. The topological polar surface area (TPSA) is 76.8 Å². The van der Waals surface area contributed by atoms with Gasteiger partial charge in [-0.3, -0.25) is 4.79 Å². The van der Waals surface area contributed by atoms with Crippen molar-refractivity contribution in [2.75, 3.05) is 33.0 Å². The van der Waals surface area contributed by atoms with Crippen molar-refractivity contribution in [1.82, 2.24) is 14.5 Å². The van der Waals surface area contributed by atoms with E-state index in [0.29, 0.717) is 45.8 Å². The molecule has 1 aromatic heterocycles.